The molecule has 0 heterocycles. The number of carboxylic acids is 1. The first kappa shape index (κ1) is 14.5. The van der Waals surface area contributed by atoms with Crippen molar-refractivity contribution in [2.45, 2.75) is 31.7 Å². The van der Waals surface area contributed by atoms with Crippen LogP contribution in [0.2, 0.25) is 0 Å². The van der Waals surface area contributed by atoms with Gasteiger partial charge in [0.25, 0.3) is 0 Å². The van der Waals surface area contributed by atoms with Crippen LogP contribution in [0.4, 0.5) is 4.79 Å². The van der Waals surface area contributed by atoms with Crippen LogP contribution in [-0.2, 0) is 4.79 Å². The van der Waals surface area contributed by atoms with Gasteiger partial charge in [0.15, 0.2) is 0 Å². The minimum Gasteiger partial charge on any atom is -0.481 e. The van der Waals surface area contributed by atoms with Gasteiger partial charge in [0, 0.05) is 12.6 Å². The first-order valence-electron chi connectivity index (χ1n) is 6.89. The molecule has 0 radical (unpaired) electrons. The molecule has 2 rings (SSSR count). The van der Waals surface area contributed by atoms with Crippen LogP contribution in [0, 0.1) is 17.8 Å². The highest BCUT2D eigenvalue weighted by molar-refractivity contribution is 7.98. The Kier molecular flexibility index (Phi) is 4.96. The minimum absolute atomic E-state index is 0.184. The molecule has 19 heavy (non-hydrogen) atoms. The molecule has 2 aliphatic rings. The van der Waals surface area contributed by atoms with E-state index in [4.69, 9.17) is 0 Å². The monoisotopic (exact) mass is 286 g/mol. The maximum absolute atomic E-state index is 11.8. The molecule has 2 saturated carbocycles. The average molecular weight is 286 g/mol. The summed E-state index contributed by atoms with van der Waals surface area (Å²) >= 11 is 1.75. The van der Waals surface area contributed by atoms with Gasteiger partial charge in [-0.1, -0.05) is 0 Å². The van der Waals surface area contributed by atoms with Gasteiger partial charge >= 0.3 is 12.0 Å². The Hall–Kier alpha value is -0.910. The molecule has 0 saturated heterocycles. The van der Waals surface area contributed by atoms with Gasteiger partial charge in [-0.3, -0.25) is 4.79 Å². The van der Waals surface area contributed by atoms with Crippen molar-refractivity contribution < 1.29 is 14.7 Å². The SMILES string of the molecule is CSCCCNC(=O)NC1C2CCC(C2)C1C(=O)O. The lowest BCUT2D eigenvalue weighted by Gasteiger charge is -2.28. The second-order valence-corrected chi connectivity index (χ2v) is 6.46. The van der Waals surface area contributed by atoms with Crippen LogP contribution in [0.1, 0.15) is 25.7 Å². The second kappa shape index (κ2) is 6.50. The van der Waals surface area contributed by atoms with Crippen molar-refractivity contribution >= 4 is 23.8 Å². The van der Waals surface area contributed by atoms with Crippen LogP contribution in [0.5, 0.6) is 0 Å². The molecule has 108 valence electrons. The number of carbonyl (C=O) groups excluding carboxylic acids is 1. The lowest BCUT2D eigenvalue weighted by Crippen LogP contribution is -2.50. The first-order valence-corrected chi connectivity index (χ1v) is 8.29. The van der Waals surface area contributed by atoms with Crippen LogP contribution in [-0.4, -0.2) is 41.7 Å². The number of fused-ring (bicyclic) bond motifs is 2. The highest BCUT2D eigenvalue weighted by Gasteiger charge is 2.51. The van der Waals surface area contributed by atoms with Crippen molar-refractivity contribution in [3.05, 3.63) is 0 Å². The van der Waals surface area contributed by atoms with E-state index in [0.717, 1.165) is 31.4 Å². The Balaban J connectivity index is 1.80. The van der Waals surface area contributed by atoms with Gasteiger partial charge in [-0.15, -0.1) is 0 Å². The summed E-state index contributed by atoms with van der Waals surface area (Å²) in [5, 5.41) is 15.0. The predicted molar refractivity (Wildman–Crippen MR) is 75.3 cm³/mol. The van der Waals surface area contributed by atoms with E-state index in [1.165, 1.54) is 0 Å². The molecule has 2 fully saturated rings. The predicted octanol–water partition coefficient (Wildman–Crippen LogP) is 1.54. The molecule has 3 N–H and O–H groups in total. The summed E-state index contributed by atoms with van der Waals surface area (Å²) in [5.74, 6) is 0.467. The van der Waals surface area contributed by atoms with Crippen molar-refractivity contribution in [3.63, 3.8) is 0 Å². The van der Waals surface area contributed by atoms with Crippen molar-refractivity contribution in [3.8, 4) is 0 Å². The number of aliphatic carboxylic acids is 1. The van der Waals surface area contributed by atoms with E-state index in [2.05, 4.69) is 10.6 Å². The topological polar surface area (TPSA) is 78.4 Å². The molecule has 0 aliphatic heterocycles. The van der Waals surface area contributed by atoms with Crippen molar-refractivity contribution in [2.75, 3.05) is 18.6 Å². The lowest BCUT2D eigenvalue weighted by molar-refractivity contribution is -0.144. The lowest BCUT2D eigenvalue weighted by atomic mass is 9.84. The fourth-order valence-corrected chi connectivity index (χ4v) is 3.91. The highest BCUT2D eigenvalue weighted by Crippen LogP contribution is 2.48. The van der Waals surface area contributed by atoms with Gasteiger partial charge in [0.05, 0.1) is 5.92 Å². The molecule has 0 aromatic carbocycles. The molecule has 5 nitrogen and oxygen atoms in total. The molecule has 4 atom stereocenters. The van der Waals surface area contributed by atoms with Crippen molar-refractivity contribution in [1.29, 1.82) is 0 Å². The van der Waals surface area contributed by atoms with Crippen LogP contribution in [0.15, 0.2) is 0 Å². The largest absolute Gasteiger partial charge is 0.481 e. The number of amides is 2. The van der Waals surface area contributed by atoms with E-state index in [-0.39, 0.29) is 18.0 Å². The molecule has 2 bridgehead atoms. The van der Waals surface area contributed by atoms with Crippen molar-refractivity contribution in [1.82, 2.24) is 10.6 Å². The fourth-order valence-electron chi connectivity index (χ4n) is 3.48. The average Bonchev–Trinajstić information content (AvgIpc) is 2.95. The zero-order valence-electron chi connectivity index (χ0n) is 11.2. The number of carboxylic acid groups (broad SMARTS) is 1. The summed E-state index contributed by atoms with van der Waals surface area (Å²) in [4.78, 5) is 23.1. The third kappa shape index (κ3) is 3.35. The van der Waals surface area contributed by atoms with Gasteiger partial charge < -0.3 is 15.7 Å². The summed E-state index contributed by atoms with van der Waals surface area (Å²) in [7, 11) is 0. The van der Waals surface area contributed by atoms with Crippen LogP contribution in [0.3, 0.4) is 0 Å². The van der Waals surface area contributed by atoms with E-state index in [9.17, 15) is 14.7 Å². The fraction of sp³-hybridized carbons (Fsp3) is 0.846. The quantitative estimate of drug-likeness (QED) is 0.647. The van der Waals surface area contributed by atoms with Gasteiger partial charge in [0.1, 0.15) is 0 Å². The number of thioether (sulfide) groups is 1. The normalized spacial score (nSPS) is 32.3. The third-order valence-corrected chi connectivity index (χ3v) is 5.01. The Morgan fingerprint density at radius 3 is 2.74 bits per heavy atom. The zero-order valence-corrected chi connectivity index (χ0v) is 12.0. The Morgan fingerprint density at radius 2 is 2.05 bits per heavy atom. The summed E-state index contributed by atoms with van der Waals surface area (Å²) in [6, 6.07) is -0.401. The van der Waals surface area contributed by atoms with Crippen LogP contribution < -0.4 is 10.6 Å². The zero-order chi connectivity index (χ0) is 13.8. The first-order chi connectivity index (χ1) is 9.13. The van der Waals surface area contributed by atoms with E-state index in [1.807, 2.05) is 6.26 Å². The molecular weight excluding hydrogens is 264 g/mol. The van der Waals surface area contributed by atoms with Gasteiger partial charge in [-0.25, -0.2) is 4.79 Å². The summed E-state index contributed by atoms with van der Waals surface area (Å²) in [6.07, 6.45) is 5.97. The minimum atomic E-state index is -0.764. The van der Waals surface area contributed by atoms with E-state index in [1.54, 1.807) is 11.8 Å². The summed E-state index contributed by atoms with van der Waals surface area (Å²) in [5.41, 5.74) is 0. The maximum atomic E-state index is 11.8. The molecular formula is C13H22N2O3S. The Labute approximate surface area is 117 Å². The molecule has 0 aromatic heterocycles. The molecule has 2 amide bonds. The number of carbonyl (C=O) groups is 2. The smallest absolute Gasteiger partial charge is 0.315 e. The number of rotatable bonds is 6. The number of urea groups is 1. The van der Waals surface area contributed by atoms with E-state index >= 15 is 0 Å². The molecule has 2 aliphatic carbocycles. The molecule has 0 aromatic rings. The summed E-state index contributed by atoms with van der Waals surface area (Å²) < 4.78 is 0. The van der Waals surface area contributed by atoms with E-state index < -0.39 is 11.9 Å². The third-order valence-electron chi connectivity index (χ3n) is 4.31. The maximum Gasteiger partial charge on any atom is 0.315 e. The summed E-state index contributed by atoms with van der Waals surface area (Å²) in [6.45, 7) is 0.644. The Morgan fingerprint density at radius 1 is 1.32 bits per heavy atom. The standard InChI is InChI=1S/C13H22N2O3S/c1-19-6-2-5-14-13(18)15-11-9-4-3-8(7-9)10(11)12(16)17/h8-11H,2-7H2,1H3,(H,16,17)(H2,14,15,18). The number of nitrogens with one attached hydrogen (secondary N) is 2. The number of hydrogen-bond acceptors (Lipinski definition) is 3. The van der Waals surface area contributed by atoms with Gasteiger partial charge in [0.2, 0.25) is 0 Å². The highest BCUT2D eigenvalue weighted by atomic mass is 32.2. The molecule has 0 spiro atoms. The van der Waals surface area contributed by atoms with Crippen LogP contribution >= 0.6 is 11.8 Å². The van der Waals surface area contributed by atoms with Crippen molar-refractivity contribution in [2.24, 2.45) is 17.8 Å². The van der Waals surface area contributed by atoms with Crippen LogP contribution in [0.25, 0.3) is 0 Å². The van der Waals surface area contributed by atoms with E-state index in [0.29, 0.717) is 12.5 Å². The van der Waals surface area contributed by atoms with Gasteiger partial charge in [-0.05, 0) is 49.5 Å². The van der Waals surface area contributed by atoms with Gasteiger partial charge in [-0.2, -0.15) is 11.8 Å². The molecule has 6 heteroatoms. The Bertz CT molecular complexity index is 351. The number of hydrogen-bond donors (Lipinski definition) is 3. The second-order valence-electron chi connectivity index (χ2n) is 5.47. The molecule has 4 unspecified atom stereocenters.